The van der Waals surface area contributed by atoms with Crippen LogP contribution in [0.25, 0.3) is 0 Å². The van der Waals surface area contributed by atoms with Gasteiger partial charge in [-0.1, -0.05) is 13.3 Å². The normalized spacial score (nSPS) is 22.6. The lowest BCUT2D eigenvalue weighted by Gasteiger charge is -2.36. The number of ether oxygens (including phenoxy) is 2. The average molecular weight is 232 g/mol. The Morgan fingerprint density at radius 3 is 2.60 bits per heavy atom. The van der Waals surface area contributed by atoms with Crippen molar-refractivity contribution in [2.45, 2.75) is 45.6 Å². The average Bonchev–Trinajstić information content (AvgIpc) is 2.28. The molecule has 1 fully saturated rings. The van der Waals surface area contributed by atoms with E-state index in [0.717, 1.165) is 44.8 Å². The van der Waals surface area contributed by atoms with Crippen molar-refractivity contribution in [3.63, 3.8) is 0 Å². The van der Waals surface area contributed by atoms with Gasteiger partial charge in [-0.3, -0.25) is 0 Å². The summed E-state index contributed by atoms with van der Waals surface area (Å²) in [5.41, 5.74) is 0.267. The highest BCUT2D eigenvalue weighted by Crippen LogP contribution is 2.32. The first-order chi connectivity index (χ1) is 7.22. The van der Waals surface area contributed by atoms with E-state index in [1.54, 1.807) is 0 Å². The summed E-state index contributed by atoms with van der Waals surface area (Å²) < 4.78 is 11.3. The van der Waals surface area contributed by atoms with Crippen molar-refractivity contribution in [1.82, 2.24) is 0 Å². The highest BCUT2D eigenvalue weighted by atomic mass is 32.1. The lowest BCUT2D eigenvalue weighted by Crippen LogP contribution is -2.36. The fraction of sp³-hybridized carbons (Fsp3) is 1.00. The Balaban J connectivity index is 2.32. The van der Waals surface area contributed by atoms with E-state index >= 15 is 0 Å². The van der Waals surface area contributed by atoms with Gasteiger partial charge >= 0.3 is 0 Å². The van der Waals surface area contributed by atoms with Crippen LogP contribution in [0.5, 0.6) is 0 Å². The smallest absolute Gasteiger partial charge is 0.0547 e. The molecule has 0 bridgehead atoms. The van der Waals surface area contributed by atoms with Gasteiger partial charge in [0.05, 0.1) is 12.7 Å². The number of rotatable bonds is 6. The fourth-order valence-corrected chi connectivity index (χ4v) is 2.37. The molecule has 1 unspecified atom stereocenters. The summed E-state index contributed by atoms with van der Waals surface area (Å²) in [6.07, 6.45) is 4.91. The molecule has 1 atom stereocenters. The van der Waals surface area contributed by atoms with Crippen molar-refractivity contribution in [2.75, 3.05) is 25.6 Å². The third-order valence-corrected chi connectivity index (χ3v) is 3.93. The van der Waals surface area contributed by atoms with Crippen molar-refractivity contribution in [1.29, 1.82) is 0 Å². The Hall–Kier alpha value is 0.270. The minimum absolute atomic E-state index is 0.267. The summed E-state index contributed by atoms with van der Waals surface area (Å²) in [4.78, 5) is 0. The van der Waals surface area contributed by atoms with Crippen LogP contribution < -0.4 is 0 Å². The van der Waals surface area contributed by atoms with Crippen molar-refractivity contribution < 1.29 is 9.47 Å². The zero-order valence-corrected chi connectivity index (χ0v) is 10.9. The molecular formula is C12H24O2S. The number of thiol groups is 1. The van der Waals surface area contributed by atoms with Crippen molar-refractivity contribution in [3.8, 4) is 0 Å². The number of hydrogen-bond donors (Lipinski definition) is 1. The Labute approximate surface area is 99.1 Å². The highest BCUT2D eigenvalue weighted by Gasteiger charge is 2.31. The third kappa shape index (κ3) is 4.33. The predicted octanol–water partition coefficient (Wildman–Crippen LogP) is 2.92. The first-order valence-electron chi connectivity index (χ1n) is 6.02. The third-order valence-electron chi connectivity index (χ3n) is 3.26. The molecule has 0 aliphatic carbocycles. The molecule has 0 spiro atoms. The number of hydrogen-bond acceptors (Lipinski definition) is 3. The van der Waals surface area contributed by atoms with E-state index in [1.807, 2.05) is 0 Å². The second kappa shape index (κ2) is 6.77. The van der Waals surface area contributed by atoms with Gasteiger partial charge in [0.25, 0.3) is 0 Å². The lowest BCUT2D eigenvalue weighted by molar-refractivity contribution is -0.0494. The molecule has 2 nitrogen and oxygen atoms in total. The minimum atomic E-state index is 0.267. The molecule has 1 saturated heterocycles. The van der Waals surface area contributed by atoms with Gasteiger partial charge in [-0.2, -0.15) is 12.6 Å². The SMILES string of the molecule is CCCC(C)OCC1(CS)CCOCC1. The van der Waals surface area contributed by atoms with E-state index in [2.05, 4.69) is 26.5 Å². The molecule has 0 saturated carbocycles. The van der Waals surface area contributed by atoms with Gasteiger partial charge in [-0.05, 0) is 31.9 Å². The van der Waals surface area contributed by atoms with E-state index in [-0.39, 0.29) is 5.41 Å². The van der Waals surface area contributed by atoms with Crippen LogP contribution in [0, 0.1) is 5.41 Å². The monoisotopic (exact) mass is 232 g/mol. The van der Waals surface area contributed by atoms with Crippen LogP contribution in [0.1, 0.15) is 39.5 Å². The van der Waals surface area contributed by atoms with Crippen LogP contribution in [-0.2, 0) is 9.47 Å². The van der Waals surface area contributed by atoms with Crippen LogP contribution in [0.15, 0.2) is 0 Å². The van der Waals surface area contributed by atoms with Crippen molar-refractivity contribution in [3.05, 3.63) is 0 Å². The van der Waals surface area contributed by atoms with E-state index in [0.29, 0.717) is 6.10 Å². The summed E-state index contributed by atoms with van der Waals surface area (Å²) in [5, 5.41) is 0. The minimum Gasteiger partial charge on any atom is -0.381 e. The van der Waals surface area contributed by atoms with Gasteiger partial charge in [0.1, 0.15) is 0 Å². The van der Waals surface area contributed by atoms with Gasteiger partial charge in [-0.15, -0.1) is 0 Å². The Morgan fingerprint density at radius 1 is 1.40 bits per heavy atom. The topological polar surface area (TPSA) is 18.5 Å². The van der Waals surface area contributed by atoms with Crippen LogP contribution in [-0.4, -0.2) is 31.7 Å². The van der Waals surface area contributed by atoms with Crippen LogP contribution in [0.3, 0.4) is 0 Å². The van der Waals surface area contributed by atoms with Gasteiger partial charge in [-0.25, -0.2) is 0 Å². The maximum Gasteiger partial charge on any atom is 0.0547 e. The Bertz CT molecular complexity index is 167. The molecule has 0 amide bonds. The maximum absolute atomic E-state index is 5.91. The fourth-order valence-electron chi connectivity index (χ4n) is 1.96. The van der Waals surface area contributed by atoms with E-state index in [1.165, 1.54) is 6.42 Å². The molecule has 0 aromatic rings. The van der Waals surface area contributed by atoms with Gasteiger partial charge in [0.2, 0.25) is 0 Å². The first kappa shape index (κ1) is 13.3. The molecule has 0 N–H and O–H groups in total. The highest BCUT2D eigenvalue weighted by molar-refractivity contribution is 7.80. The van der Waals surface area contributed by atoms with Crippen LogP contribution in [0.2, 0.25) is 0 Å². The summed E-state index contributed by atoms with van der Waals surface area (Å²) in [5.74, 6) is 0.912. The molecule has 15 heavy (non-hydrogen) atoms. The molecule has 0 aromatic carbocycles. The van der Waals surface area contributed by atoms with E-state index in [9.17, 15) is 0 Å². The first-order valence-corrected chi connectivity index (χ1v) is 6.66. The van der Waals surface area contributed by atoms with Gasteiger partial charge < -0.3 is 9.47 Å². The molecule has 0 radical (unpaired) electrons. The Morgan fingerprint density at radius 2 is 2.07 bits per heavy atom. The predicted molar refractivity (Wildman–Crippen MR) is 66.7 cm³/mol. The molecule has 3 heteroatoms. The standard InChI is InChI=1S/C12H24O2S/c1-3-4-11(2)14-9-12(10-15)5-7-13-8-6-12/h11,15H,3-10H2,1-2H3. The van der Waals surface area contributed by atoms with Crippen LogP contribution >= 0.6 is 12.6 Å². The summed E-state index contributed by atoms with van der Waals surface area (Å²) in [7, 11) is 0. The molecule has 1 heterocycles. The van der Waals surface area contributed by atoms with E-state index in [4.69, 9.17) is 9.47 Å². The van der Waals surface area contributed by atoms with E-state index < -0.39 is 0 Å². The van der Waals surface area contributed by atoms with Crippen molar-refractivity contribution in [2.24, 2.45) is 5.41 Å². The maximum atomic E-state index is 5.91. The molecule has 1 aliphatic heterocycles. The Kier molecular flexibility index (Phi) is 6.02. The largest absolute Gasteiger partial charge is 0.381 e. The molecule has 1 rings (SSSR count). The molecule has 90 valence electrons. The second-order valence-electron chi connectivity index (χ2n) is 4.68. The summed E-state index contributed by atoms with van der Waals surface area (Å²) in [6, 6.07) is 0. The van der Waals surface area contributed by atoms with Crippen LogP contribution in [0.4, 0.5) is 0 Å². The quantitative estimate of drug-likeness (QED) is 0.710. The molecule has 1 aliphatic rings. The summed E-state index contributed by atoms with van der Waals surface area (Å²) in [6.45, 7) is 6.94. The lowest BCUT2D eigenvalue weighted by atomic mass is 9.83. The van der Waals surface area contributed by atoms with Gasteiger partial charge in [0, 0.05) is 18.6 Å². The van der Waals surface area contributed by atoms with Crippen molar-refractivity contribution >= 4 is 12.6 Å². The summed E-state index contributed by atoms with van der Waals surface area (Å²) >= 11 is 4.47. The van der Waals surface area contributed by atoms with Gasteiger partial charge in [0.15, 0.2) is 0 Å². The molecule has 0 aromatic heterocycles. The zero-order valence-electron chi connectivity index (χ0n) is 10.00. The second-order valence-corrected chi connectivity index (χ2v) is 5.00. The zero-order chi connectivity index (χ0) is 11.1. The molecular weight excluding hydrogens is 208 g/mol.